The predicted octanol–water partition coefficient (Wildman–Crippen LogP) is 5.70. The molecule has 3 aromatic rings. The van der Waals surface area contributed by atoms with E-state index in [0.29, 0.717) is 12.1 Å². The van der Waals surface area contributed by atoms with Gasteiger partial charge in [-0.15, -0.1) is 11.3 Å². The molecule has 112 valence electrons. The zero-order chi connectivity index (χ0) is 16.2. The van der Waals surface area contributed by atoms with Gasteiger partial charge in [-0.05, 0) is 36.2 Å². The SMILES string of the molecule is [C-]#[N+]c1cccc(-c2ccc(C(=O)Cc3ccc(C)cc3)s2)c1. The largest absolute Gasteiger partial charge is 0.293 e. The Balaban J connectivity index is 1.79. The van der Waals surface area contributed by atoms with Crippen molar-refractivity contribution in [2.45, 2.75) is 13.3 Å². The number of hydrogen-bond donors (Lipinski definition) is 0. The Kier molecular flexibility index (Phi) is 4.36. The quantitative estimate of drug-likeness (QED) is 0.447. The van der Waals surface area contributed by atoms with Crippen molar-refractivity contribution in [3.63, 3.8) is 0 Å². The van der Waals surface area contributed by atoms with E-state index in [1.807, 2.05) is 61.5 Å². The lowest BCUT2D eigenvalue weighted by Gasteiger charge is -2.00. The minimum atomic E-state index is 0.131. The summed E-state index contributed by atoms with van der Waals surface area (Å²) in [6.45, 7) is 9.13. The van der Waals surface area contributed by atoms with Gasteiger partial charge in [0.1, 0.15) is 0 Å². The molecule has 0 N–H and O–H groups in total. The first-order valence-electron chi connectivity index (χ1n) is 7.32. The maximum atomic E-state index is 12.4. The van der Waals surface area contributed by atoms with Gasteiger partial charge in [0.05, 0.1) is 11.4 Å². The smallest absolute Gasteiger partial charge is 0.187 e. The second-order valence-corrected chi connectivity index (χ2v) is 6.50. The Labute approximate surface area is 139 Å². The molecule has 0 atom stereocenters. The molecule has 0 fully saturated rings. The molecule has 1 heterocycles. The van der Waals surface area contributed by atoms with Crippen LogP contribution in [0.4, 0.5) is 5.69 Å². The summed E-state index contributed by atoms with van der Waals surface area (Å²) >= 11 is 1.48. The summed E-state index contributed by atoms with van der Waals surface area (Å²) in [4.78, 5) is 17.7. The lowest BCUT2D eigenvalue weighted by Crippen LogP contribution is -2.00. The van der Waals surface area contributed by atoms with Crippen molar-refractivity contribution < 1.29 is 4.79 Å². The fraction of sp³-hybridized carbons (Fsp3) is 0.100. The van der Waals surface area contributed by atoms with Crippen LogP contribution in [0.15, 0.2) is 60.7 Å². The number of carbonyl (C=O) groups is 1. The third-order valence-corrected chi connectivity index (χ3v) is 4.80. The standard InChI is InChI=1S/C20H15NOS/c1-14-6-8-15(9-7-14)12-18(22)20-11-10-19(23-20)16-4-3-5-17(13-16)21-2/h3-11,13H,12H2,1H3. The second-order valence-electron chi connectivity index (χ2n) is 5.41. The van der Waals surface area contributed by atoms with Gasteiger partial charge < -0.3 is 0 Å². The molecule has 1 aromatic heterocycles. The average molecular weight is 317 g/mol. The van der Waals surface area contributed by atoms with Crippen LogP contribution in [0.3, 0.4) is 0 Å². The lowest BCUT2D eigenvalue weighted by molar-refractivity contribution is 0.0997. The molecule has 0 saturated carbocycles. The third kappa shape index (κ3) is 3.56. The van der Waals surface area contributed by atoms with Gasteiger partial charge in [-0.3, -0.25) is 4.79 Å². The molecule has 0 bridgehead atoms. The average Bonchev–Trinajstić information content (AvgIpc) is 3.07. The van der Waals surface area contributed by atoms with Crippen molar-refractivity contribution in [2.24, 2.45) is 0 Å². The summed E-state index contributed by atoms with van der Waals surface area (Å²) in [7, 11) is 0. The predicted molar refractivity (Wildman–Crippen MR) is 95.2 cm³/mol. The van der Waals surface area contributed by atoms with Gasteiger partial charge in [0.2, 0.25) is 0 Å². The fourth-order valence-corrected chi connectivity index (χ4v) is 3.29. The van der Waals surface area contributed by atoms with Crippen molar-refractivity contribution in [2.75, 3.05) is 0 Å². The van der Waals surface area contributed by atoms with Crippen molar-refractivity contribution >= 4 is 22.8 Å². The van der Waals surface area contributed by atoms with Crippen LogP contribution >= 0.6 is 11.3 Å². The molecule has 0 aliphatic carbocycles. The highest BCUT2D eigenvalue weighted by molar-refractivity contribution is 7.17. The highest BCUT2D eigenvalue weighted by Gasteiger charge is 2.11. The molecular formula is C20H15NOS. The molecule has 23 heavy (non-hydrogen) atoms. The van der Waals surface area contributed by atoms with Crippen LogP contribution in [0, 0.1) is 13.5 Å². The van der Waals surface area contributed by atoms with Gasteiger partial charge in [0.25, 0.3) is 0 Å². The summed E-state index contributed by atoms with van der Waals surface area (Å²) in [6.07, 6.45) is 0.419. The first-order chi connectivity index (χ1) is 11.2. The van der Waals surface area contributed by atoms with E-state index in [4.69, 9.17) is 6.57 Å². The Morgan fingerprint density at radius 3 is 2.61 bits per heavy atom. The molecule has 0 radical (unpaired) electrons. The van der Waals surface area contributed by atoms with E-state index in [1.165, 1.54) is 16.9 Å². The zero-order valence-corrected chi connectivity index (χ0v) is 13.6. The molecule has 3 rings (SSSR count). The van der Waals surface area contributed by atoms with E-state index in [1.54, 1.807) is 6.07 Å². The molecule has 0 aliphatic heterocycles. The van der Waals surface area contributed by atoms with E-state index in [2.05, 4.69) is 4.85 Å². The highest BCUT2D eigenvalue weighted by atomic mass is 32.1. The topological polar surface area (TPSA) is 21.4 Å². The molecule has 0 spiro atoms. The molecule has 0 saturated heterocycles. The van der Waals surface area contributed by atoms with Gasteiger partial charge in [0, 0.05) is 11.3 Å². The van der Waals surface area contributed by atoms with Gasteiger partial charge in [-0.2, -0.15) is 0 Å². The number of benzene rings is 2. The first kappa shape index (κ1) is 15.2. The van der Waals surface area contributed by atoms with Gasteiger partial charge in [-0.1, -0.05) is 48.0 Å². The number of rotatable bonds is 4. The monoisotopic (exact) mass is 317 g/mol. The normalized spacial score (nSPS) is 10.3. The van der Waals surface area contributed by atoms with E-state index in [9.17, 15) is 4.79 Å². The van der Waals surface area contributed by atoms with Gasteiger partial charge >= 0.3 is 0 Å². The van der Waals surface area contributed by atoms with Crippen molar-refractivity contribution in [1.82, 2.24) is 0 Å². The lowest BCUT2D eigenvalue weighted by atomic mass is 10.1. The van der Waals surface area contributed by atoms with E-state index in [-0.39, 0.29) is 5.78 Å². The van der Waals surface area contributed by atoms with Gasteiger partial charge in [0.15, 0.2) is 11.5 Å². The summed E-state index contributed by atoms with van der Waals surface area (Å²) in [6, 6.07) is 19.4. The Hall–Kier alpha value is -2.70. The minimum absolute atomic E-state index is 0.131. The number of carbonyl (C=O) groups excluding carboxylic acids is 1. The maximum Gasteiger partial charge on any atom is 0.187 e. The number of hydrogen-bond acceptors (Lipinski definition) is 2. The number of Topliss-reactive ketones (excluding diaryl/α,β-unsaturated/α-hetero) is 1. The van der Waals surface area contributed by atoms with Crippen LogP contribution in [0.1, 0.15) is 20.8 Å². The molecule has 2 aromatic carbocycles. The molecular weight excluding hydrogens is 302 g/mol. The number of thiophene rings is 1. The fourth-order valence-electron chi connectivity index (χ4n) is 2.35. The minimum Gasteiger partial charge on any atom is -0.293 e. The highest BCUT2D eigenvalue weighted by Crippen LogP contribution is 2.31. The molecule has 3 heteroatoms. The maximum absolute atomic E-state index is 12.4. The molecule has 0 unspecified atom stereocenters. The summed E-state index contributed by atoms with van der Waals surface area (Å²) in [5.41, 5.74) is 3.83. The zero-order valence-electron chi connectivity index (χ0n) is 12.7. The van der Waals surface area contributed by atoms with Crippen LogP contribution in [-0.2, 0) is 6.42 Å². The number of ketones is 1. The molecule has 0 aliphatic rings. The van der Waals surface area contributed by atoms with Gasteiger partial charge in [-0.25, -0.2) is 4.85 Å². The van der Waals surface area contributed by atoms with Crippen molar-refractivity contribution in [1.29, 1.82) is 0 Å². The van der Waals surface area contributed by atoms with Crippen LogP contribution in [0.25, 0.3) is 15.3 Å². The number of nitrogens with zero attached hydrogens (tertiary/aromatic N) is 1. The van der Waals surface area contributed by atoms with Crippen LogP contribution in [0.2, 0.25) is 0 Å². The Bertz CT molecular complexity index is 885. The molecule has 2 nitrogen and oxygen atoms in total. The van der Waals surface area contributed by atoms with E-state index in [0.717, 1.165) is 20.9 Å². The Morgan fingerprint density at radius 1 is 1.09 bits per heavy atom. The van der Waals surface area contributed by atoms with Crippen molar-refractivity contribution in [3.05, 3.63) is 88.1 Å². The summed E-state index contributed by atoms with van der Waals surface area (Å²) < 4.78 is 0. The van der Waals surface area contributed by atoms with Crippen LogP contribution in [0.5, 0.6) is 0 Å². The third-order valence-electron chi connectivity index (χ3n) is 3.63. The first-order valence-corrected chi connectivity index (χ1v) is 8.14. The van der Waals surface area contributed by atoms with Crippen molar-refractivity contribution in [3.8, 4) is 10.4 Å². The second kappa shape index (κ2) is 6.60. The van der Waals surface area contributed by atoms with E-state index >= 15 is 0 Å². The molecule has 0 amide bonds. The van der Waals surface area contributed by atoms with E-state index < -0.39 is 0 Å². The number of aryl methyl sites for hydroxylation is 1. The summed E-state index contributed by atoms with van der Waals surface area (Å²) in [5, 5.41) is 0. The van der Waals surface area contributed by atoms with Crippen LogP contribution in [-0.4, -0.2) is 5.78 Å². The summed E-state index contributed by atoms with van der Waals surface area (Å²) in [5.74, 6) is 0.131. The Morgan fingerprint density at radius 2 is 1.87 bits per heavy atom. The van der Waals surface area contributed by atoms with Crippen LogP contribution < -0.4 is 0 Å².